The van der Waals surface area contributed by atoms with E-state index in [1.54, 1.807) is 0 Å². The van der Waals surface area contributed by atoms with Gasteiger partial charge in [-0.1, -0.05) is 43.7 Å². The van der Waals surface area contributed by atoms with Crippen LogP contribution in [-0.4, -0.2) is 53.7 Å². The van der Waals surface area contributed by atoms with Crippen molar-refractivity contribution >= 4 is 0 Å². The van der Waals surface area contributed by atoms with Gasteiger partial charge in [0.25, 0.3) is 0 Å². The van der Waals surface area contributed by atoms with Crippen molar-refractivity contribution in [2.24, 2.45) is 5.92 Å². The van der Waals surface area contributed by atoms with Gasteiger partial charge in [0.2, 0.25) is 0 Å². The molecule has 21 heavy (non-hydrogen) atoms. The minimum Gasteiger partial charge on any atom is -0.394 e. The lowest BCUT2D eigenvalue weighted by atomic mass is 10.0. The quantitative estimate of drug-likeness (QED) is 0.903. The van der Waals surface area contributed by atoms with E-state index >= 15 is 0 Å². The van der Waals surface area contributed by atoms with E-state index in [0.29, 0.717) is 6.04 Å². The lowest BCUT2D eigenvalue weighted by molar-refractivity contribution is 0.0215. The zero-order chi connectivity index (χ0) is 15.4. The second kappa shape index (κ2) is 7.39. The second-order valence-electron chi connectivity index (χ2n) is 6.85. The lowest BCUT2D eigenvalue weighted by Gasteiger charge is -2.44. The Labute approximate surface area is 129 Å². The van der Waals surface area contributed by atoms with Crippen LogP contribution >= 0.6 is 0 Å². The summed E-state index contributed by atoms with van der Waals surface area (Å²) < 4.78 is 0. The molecule has 2 rings (SSSR count). The number of hydrogen-bond acceptors (Lipinski definition) is 3. The number of nitrogens with zero attached hydrogens (tertiary/aromatic N) is 2. The zero-order valence-electron chi connectivity index (χ0n) is 13.9. The maximum absolute atomic E-state index is 9.87. The van der Waals surface area contributed by atoms with E-state index < -0.39 is 0 Å². The molecule has 0 saturated carbocycles. The number of rotatable bonds is 5. The van der Waals surface area contributed by atoms with E-state index in [1.807, 2.05) is 0 Å². The summed E-state index contributed by atoms with van der Waals surface area (Å²) in [5.41, 5.74) is 2.50. The molecule has 1 aliphatic heterocycles. The monoisotopic (exact) mass is 290 g/mol. The third kappa shape index (κ3) is 4.29. The number of aliphatic hydroxyl groups is 1. The summed E-state index contributed by atoms with van der Waals surface area (Å²) in [5.74, 6) is 0.717. The van der Waals surface area contributed by atoms with Crippen molar-refractivity contribution in [2.75, 3.05) is 32.8 Å². The van der Waals surface area contributed by atoms with Gasteiger partial charge in [-0.15, -0.1) is 0 Å². The Balaban J connectivity index is 2.04. The summed E-state index contributed by atoms with van der Waals surface area (Å²) in [7, 11) is 0. The smallest absolute Gasteiger partial charge is 0.0628 e. The third-order valence-electron chi connectivity index (χ3n) is 4.42. The van der Waals surface area contributed by atoms with Gasteiger partial charge in [0, 0.05) is 32.2 Å². The molecule has 1 saturated heterocycles. The molecule has 1 aliphatic rings. The number of hydrogen-bond donors (Lipinski definition) is 1. The summed E-state index contributed by atoms with van der Waals surface area (Å²) in [5, 5.41) is 9.87. The van der Waals surface area contributed by atoms with Crippen LogP contribution in [0.5, 0.6) is 0 Å². The van der Waals surface area contributed by atoms with Gasteiger partial charge in [-0.25, -0.2) is 0 Å². The summed E-state index contributed by atoms with van der Waals surface area (Å²) in [6.07, 6.45) is 0. The zero-order valence-corrected chi connectivity index (χ0v) is 13.9. The predicted octanol–water partition coefficient (Wildman–Crippen LogP) is 2.69. The van der Waals surface area contributed by atoms with E-state index in [1.165, 1.54) is 17.7 Å². The molecule has 2 unspecified atom stereocenters. The van der Waals surface area contributed by atoms with Crippen molar-refractivity contribution in [3.63, 3.8) is 0 Å². The third-order valence-corrected chi connectivity index (χ3v) is 4.42. The molecular weight excluding hydrogens is 260 g/mol. The van der Waals surface area contributed by atoms with Crippen LogP contribution in [0.1, 0.15) is 37.9 Å². The highest BCUT2D eigenvalue weighted by Gasteiger charge is 2.29. The largest absolute Gasteiger partial charge is 0.394 e. The van der Waals surface area contributed by atoms with E-state index in [-0.39, 0.29) is 12.6 Å². The number of benzene rings is 1. The molecule has 1 aromatic carbocycles. The highest BCUT2D eigenvalue weighted by atomic mass is 16.3. The van der Waals surface area contributed by atoms with Crippen molar-refractivity contribution in [2.45, 2.75) is 39.8 Å². The van der Waals surface area contributed by atoms with Gasteiger partial charge in [0.05, 0.1) is 12.6 Å². The molecule has 1 fully saturated rings. The lowest BCUT2D eigenvalue weighted by Crippen LogP contribution is -2.54. The van der Waals surface area contributed by atoms with Crippen molar-refractivity contribution < 1.29 is 5.11 Å². The van der Waals surface area contributed by atoms with E-state index in [2.05, 4.69) is 61.8 Å². The normalized spacial score (nSPS) is 22.7. The molecule has 2 atom stereocenters. The van der Waals surface area contributed by atoms with Crippen LogP contribution in [0.4, 0.5) is 0 Å². The Bertz CT molecular complexity index is 429. The van der Waals surface area contributed by atoms with Crippen LogP contribution in [-0.2, 0) is 0 Å². The highest BCUT2D eigenvalue weighted by Crippen LogP contribution is 2.25. The molecule has 1 aromatic rings. The van der Waals surface area contributed by atoms with Gasteiger partial charge in [-0.3, -0.25) is 4.90 Å². The van der Waals surface area contributed by atoms with Gasteiger partial charge >= 0.3 is 0 Å². The molecule has 3 nitrogen and oxygen atoms in total. The Morgan fingerprint density at radius 3 is 2.38 bits per heavy atom. The van der Waals surface area contributed by atoms with E-state index in [9.17, 15) is 5.11 Å². The van der Waals surface area contributed by atoms with Crippen molar-refractivity contribution in [3.8, 4) is 0 Å². The fourth-order valence-corrected chi connectivity index (χ4v) is 3.38. The molecule has 0 amide bonds. The maximum atomic E-state index is 9.87. The summed E-state index contributed by atoms with van der Waals surface area (Å²) >= 11 is 0. The number of aliphatic hydroxyl groups excluding tert-OH is 1. The molecule has 1 heterocycles. The fourth-order valence-electron chi connectivity index (χ4n) is 3.38. The summed E-state index contributed by atoms with van der Waals surface area (Å²) in [6.45, 7) is 13.5. The minimum absolute atomic E-state index is 0.127. The Hall–Kier alpha value is -0.900. The van der Waals surface area contributed by atoms with Crippen LogP contribution in [0, 0.1) is 12.8 Å². The molecule has 3 heteroatoms. The molecule has 0 bridgehead atoms. The van der Waals surface area contributed by atoms with E-state index in [0.717, 1.165) is 25.6 Å². The summed E-state index contributed by atoms with van der Waals surface area (Å²) in [6, 6.07) is 9.19. The first-order chi connectivity index (χ1) is 10.0. The molecule has 0 spiro atoms. The van der Waals surface area contributed by atoms with Crippen LogP contribution in [0.2, 0.25) is 0 Å². The second-order valence-corrected chi connectivity index (χ2v) is 6.85. The predicted molar refractivity (Wildman–Crippen MR) is 88.5 cm³/mol. The van der Waals surface area contributed by atoms with Gasteiger partial charge < -0.3 is 10.0 Å². The maximum Gasteiger partial charge on any atom is 0.0628 e. The van der Waals surface area contributed by atoms with E-state index in [4.69, 9.17) is 0 Å². The first kappa shape index (κ1) is 16.5. The van der Waals surface area contributed by atoms with Crippen molar-refractivity contribution in [3.05, 3.63) is 35.4 Å². The molecular formula is C18H30N2O. The van der Waals surface area contributed by atoms with Gasteiger partial charge in [0.1, 0.15) is 0 Å². The average Bonchev–Trinajstić information content (AvgIpc) is 2.43. The Kier molecular flexibility index (Phi) is 5.80. The number of aryl methyl sites for hydroxylation is 1. The van der Waals surface area contributed by atoms with Gasteiger partial charge in [-0.2, -0.15) is 0 Å². The van der Waals surface area contributed by atoms with Gasteiger partial charge in [0.15, 0.2) is 0 Å². The number of piperazine rings is 1. The first-order valence-corrected chi connectivity index (χ1v) is 8.16. The summed E-state index contributed by atoms with van der Waals surface area (Å²) in [4.78, 5) is 5.01. The Morgan fingerprint density at radius 2 is 1.86 bits per heavy atom. The molecule has 0 radical (unpaired) electrons. The topological polar surface area (TPSA) is 26.7 Å². The van der Waals surface area contributed by atoms with Crippen molar-refractivity contribution in [1.82, 2.24) is 9.80 Å². The minimum atomic E-state index is 0.127. The Morgan fingerprint density at radius 1 is 1.19 bits per heavy atom. The molecule has 118 valence electrons. The van der Waals surface area contributed by atoms with Crippen LogP contribution in [0.15, 0.2) is 24.3 Å². The van der Waals surface area contributed by atoms with Gasteiger partial charge in [-0.05, 0) is 25.3 Å². The van der Waals surface area contributed by atoms with Crippen LogP contribution in [0.3, 0.4) is 0 Å². The fraction of sp³-hybridized carbons (Fsp3) is 0.667. The molecule has 0 aromatic heterocycles. The molecule has 1 N–H and O–H groups in total. The van der Waals surface area contributed by atoms with Crippen LogP contribution < -0.4 is 0 Å². The highest BCUT2D eigenvalue weighted by molar-refractivity contribution is 5.24. The van der Waals surface area contributed by atoms with Crippen LogP contribution in [0.25, 0.3) is 0 Å². The first-order valence-electron chi connectivity index (χ1n) is 8.16. The SMILES string of the molecule is Cc1ccc(C(CO)N2CCN(CC(C)C)CC2C)cc1. The standard InChI is InChI=1S/C18H30N2O/c1-14(2)11-19-9-10-20(16(4)12-19)18(13-21)17-7-5-15(3)6-8-17/h5-8,14,16,18,21H,9-13H2,1-4H3. The van der Waals surface area contributed by atoms with Crippen molar-refractivity contribution in [1.29, 1.82) is 0 Å². The average molecular weight is 290 g/mol. The molecule has 0 aliphatic carbocycles.